The predicted octanol–water partition coefficient (Wildman–Crippen LogP) is 10.6. The number of rotatable bonds is 11. The number of nitrogens with zero attached hydrogens (tertiary/aromatic N) is 2. The summed E-state index contributed by atoms with van der Waals surface area (Å²) >= 11 is 0. The molecule has 6 aromatic rings. The SMILES string of the molecule is COc1ccc(N(c2ccc(OC)cc2)c2ccc(-c3ccc(N(c4ccc(C=O)cc4)c4ccc(C=O)cc4)c(C)c3)c(C)c2)cc1. The van der Waals surface area contributed by atoms with E-state index < -0.39 is 0 Å². The molecule has 0 aliphatic heterocycles. The van der Waals surface area contributed by atoms with E-state index >= 15 is 0 Å². The van der Waals surface area contributed by atoms with Gasteiger partial charge in [-0.25, -0.2) is 0 Å². The van der Waals surface area contributed by atoms with Gasteiger partial charge in [-0.15, -0.1) is 0 Å². The molecule has 0 N–H and O–H groups in total. The third-order valence-corrected chi connectivity index (χ3v) is 8.45. The van der Waals surface area contributed by atoms with Gasteiger partial charge < -0.3 is 19.3 Å². The van der Waals surface area contributed by atoms with Gasteiger partial charge in [-0.2, -0.15) is 0 Å². The highest BCUT2D eigenvalue weighted by atomic mass is 16.5. The molecule has 0 unspecified atom stereocenters. The maximum atomic E-state index is 11.3. The Labute approximate surface area is 281 Å². The van der Waals surface area contributed by atoms with Crippen LogP contribution in [-0.2, 0) is 0 Å². The summed E-state index contributed by atoms with van der Waals surface area (Å²) in [7, 11) is 3.34. The Morgan fingerprint density at radius 2 is 0.896 bits per heavy atom. The highest BCUT2D eigenvalue weighted by Crippen LogP contribution is 2.41. The Hall–Kier alpha value is -6.14. The molecule has 0 aliphatic rings. The summed E-state index contributed by atoms with van der Waals surface area (Å²) in [6, 6.07) is 44.1. The van der Waals surface area contributed by atoms with Crippen LogP contribution >= 0.6 is 0 Å². The highest BCUT2D eigenvalue weighted by molar-refractivity contribution is 5.85. The third kappa shape index (κ3) is 6.55. The fraction of sp³-hybridized carbons (Fsp3) is 0.0952. The number of hydrogen-bond donors (Lipinski definition) is 0. The van der Waals surface area contributed by atoms with Gasteiger partial charge in [0.1, 0.15) is 24.1 Å². The van der Waals surface area contributed by atoms with Crippen molar-refractivity contribution in [2.24, 2.45) is 0 Å². The Morgan fingerprint density at radius 3 is 1.31 bits per heavy atom. The maximum absolute atomic E-state index is 11.3. The van der Waals surface area contributed by atoms with E-state index in [9.17, 15) is 9.59 Å². The summed E-state index contributed by atoms with van der Waals surface area (Å²) in [4.78, 5) is 27.0. The standard InChI is InChI=1S/C42H36N2O4/c1-29-26-38(43(34-14-19-39(47-3)20-15-34)35-16-21-40(48-4)22-17-35)18-23-41(29)33-9-24-42(30(2)25-33)44(36-10-5-31(27-45)6-11-36)37-12-7-32(28-46)8-13-37/h5-28H,1-4H3. The van der Waals surface area contributed by atoms with Crippen LogP contribution in [0.3, 0.4) is 0 Å². The number of hydrogen-bond acceptors (Lipinski definition) is 6. The Bertz CT molecular complexity index is 1940. The van der Waals surface area contributed by atoms with Gasteiger partial charge >= 0.3 is 0 Å². The van der Waals surface area contributed by atoms with Crippen LogP contribution in [0, 0.1) is 13.8 Å². The molecule has 0 saturated carbocycles. The first-order valence-electron chi connectivity index (χ1n) is 15.6. The van der Waals surface area contributed by atoms with E-state index in [0.717, 1.165) is 80.4 Å². The molecule has 48 heavy (non-hydrogen) atoms. The minimum Gasteiger partial charge on any atom is -0.497 e. The topological polar surface area (TPSA) is 59.1 Å². The molecule has 6 rings (SSSR count). The van der Waals surface area contributed by atoms with Gasteiger partial charge in [0, 0.05) is 45.3 Å². The smallest absolute Gasteiger partial charge is 0.150 e. The summed E-state index contributed by atoms with van der Waals surface area (Å²) in [5, 5.41) is 0. The first-order valence-corrected chi connectivity index (χ1v) is 15.6. The zero-order chi connectivity index (χ0) is 33.6. The molecular formula is C42H36N2O4. The number of methoxy groups -OCH3 is 2. The zero-order valence-corrected chi connectivity index (χ0v) is 27.4. The van der Waals surface area contributed by atoms with Crippen LogP contribution in [0.5, 0.6) is 11.5 Å². The molecule has 0 spiro atoms. The van der Waals surface area contributed by atoms with Crippen molar-refractivity contribution in [1.29, 1.82) is 0 Å². The Morgan fingerprint density at radius 1 is 0.458 bits per heavy atom. The molecule has 0 radical (unpaired) electrons. The largest absolute Gasteiger partial charge is 0.497 e. The molecule has 0 aliphatic carbocycles. The van der Waals surface area contributed by atoms with Crippen molar-refractivity contribution in [2.45, 2.75) is 13.8 Å². The summed E-state index contributed by atoms with van der Waals surface area (Å²) in [6.07, 6.45) is 1.68. The fourth-order valence-electron chi connectivity index (χ4n) is 5.93. The lowest BCUT2D eigenvalue weighted by molar-refractivity contribution is 0.111. The molecule has 6 heteroatoms. The van der Waals surface area contributed by atoms with Crippen molar-refractivity contribution in [1.82, 2.24) is 0 Å². The van der Waals surface area contributed by atoms with Crippen LogP contribution in [0.2, 0.25) is 0 Å². The number of aldehydes is 2. The number of anilines is 6. The van der Waals surface area contributed by atoms with E-state index in [1.807, 2.05) is 72.8 Å². The number of carbonyl (C=O) groups is 2. The molecule has 0 fully saturated rings. The lowest BCUT2D eigenvalue weighted by Crippen LogP contribution is -2.11. The van der Waals surface area contributed by atoms with E-state index in [0.29, 0.717) is 11.1 Å². The molecular weight excluding hydrogens is 596 g/mol. The van der Waals surface area contributed by atoms with E-state index in [1.165, 1.54) is 0 Å². The van der Waals surface area contributed by atoms with Gasteiger partial charge in [-0.1, -0.05) is 12.1 Å². The first-order chi connectivity index (χ1) is 23.4. The molecule has 6 nitrogen and oxygen atoms in total. The highest BCUT2D eigenvalue weighted by Gasteiger charge is 2.18. The van der Waals surface area contributed by atoms with Crippen LogP contribution in [0.1, 0.15) is 31.8 Å². The Kier molecular flexibility index (Phi) is 9.35. The predicted molar refractivity (Wildman–Crippen MR) is 195 cm³/mol. The van der Waals surface area contributed by atoms with Crippen LogP contribution in [0.25, 0.3) is 11.1 Å². The minimum atomic E-state index is 0.610. The number of ether oxygens (including phenoxy) is 2. The molecule has 0 saturated heterocycles. The van der Waals surface area contributed by atoms with Gasteiger partial charge in [0.05, 0.1) is 14.2 Å². The molecule has 0 bridgehead atoms. The monoisotopic (exact) mass is 632 g/mol. The first kappa shape index (κ1) is 31.8. The van der Waals surface area contributed by atoms with Crippen molar-refractivity contribution in [2.75, 3.05) is 24.0 Å². The maximum Gasteiger partial charge on any atom is 0.150 e. The summed E-state index contributed by atoms with van der Waals surface area (Å²) in [6.45, 7) is 4.24. The lowest BCUT2D eigenvalue weighted by atomic mass is 9.97. The molecule has 0 heterocycles. The second kappa shape index (κ2) is 14.1. The zero-order valence-electron chi connectivity index (χ0n) is 27.4. The van der Waals surface area contributed by atoms with Crippen molar-refractivity contribution < 1.29 is 19.1 Å². The Balaban J connectivity index is 1.38. The molecule has 6 aromatic carbocycles. The number of benzene rings is 6. The van der Waals surface area contributed by atoms with Crippen LogP contribution in [0.15, 0.2) is 133 Å². The van der Waals surface area contributed by atoms with Gasteiger partial charge in [-0.3, -0.25) is 9.59 Å². The van der Waals surface area contributed by atoms with Gasteiger partial charge in [-0.05, 0) is 157 Å². The molecule has 0 amide bonds. The minimum absolute atomic E-state index is 0.610. The third-order valence-electron chi connectivity index (χ3n) is 8.45. The van der Waals surface area contributed by atoms with E-state index in [2.05, 4.69) is 84.3 Å². The normalized spacial score (nSPS) is 10.7. The van der Waals surface area contributed by atoms with Gasteiger partial charge in [0.15, 0.2) is 0 Å². The molecule has 0 atom stereocenters. The lowest BCUT2D eigenvalue weighted by Gasteiger charge is -2.28. The fourth-order valence-corrected chi connectivity index (χ4v) is 5.93. The summed E-state index contributed by atoms with van der Waals surface area (Å²) in [5.74, 6) is 1.60. The van der Waals surface area contributed by atoms with Gasteiger partial charge in [0.2, 0.25) is 0 Å². The van der Waals surface area contributed by atoms with E-state index in [4.69, 9.17) is 9.47 Å². The number of aryl methyl sites for hydroxylation is 2. The summed E-state index contributed by atoms with van der Waals surface area (Å²) < 4.78 is 10.8. The van der Waals surface area contributed by atoms with Crippen molar-refractivity contribution in [3.63, 3.8) is 0 Å². The average Bonchev–Trinajstić information content (AvgIpc) is 3.13. The van der Waals surface area contributed by atoms with Gasteiger partial charge in [0.25, 0.3) is 0 Å². The van der Waals surface area contributed by atoms with Crippen LogP contribution in [0.4, 0.5) is 34.1 Å². The van der Waals surface area contributed by atoms with Crippen molar-refractivity contribution in [3.05, 3.63) is 156 Å². The van der Waals surface area contributed by atoms with Crippen molar-refractivity contribution >= 4 is 46.7 Å². The van der Waals surface area contributed by atoms with Crippen LogP contribution in [-0.4, -0.2) is 26.8 Å². The van der Waals surface area contributed by atoms with Crippen LogP contribution < -0.4 is 19.3 Å². The second-order valence-electron chi connectivity index (χ2n) is 11.5. The molecule has 238 valence electrons. The van der Waals surface area contributed by atoms with E-state index in [-0.39, 0.29) is 0 Å². The number of carbonyl (C=O) groups excluding carboxylic acids is 2. The van der Waals surface area contributed by atoms with Crippen molar-refractivity contribution in [3.8, 4) is 22.6 Å². The molecule has 0 aromatic heterocycles. The van der Waals surface area contributed by atoms with E-state index in [1.54, 1.807) is 14.2 Å². The quantitative estimate of drug-likeness (QED) is 0.133. The second-order valence-corrected chi connectivity index (χ2v) is 11.5. The summed E-state index contributed by atoms with van der Waals surface area (Å²) in [5.41, 5.74) is 11.5. The average molecular weight is 633 g/mol.